The van der Waals surface area contributed by atoms with Crippen molar-refractivity contribution in [3.05, 3.63) is 107 Å². The molecule has 1 atom stereocenters. The number of aromatic hydroxyl groups is 1. The molecule has 3 aromatic rings. The second-order valence-corrected chi connectivity index (χ2v) is 11.5. The van der Waals surface area contributed by atoms with Crippen molar-refractivity contribution in [2.45, 2.75) is 102 Å². The Labute approximate surface area is 256 Å². The predicted molar refractivity (Wildman–Crippen MR) is 171 cm³/mol. The molecule has 1 aliphatic heterocycles. The Morgan fingerprint density at radius 2 is 1.30 bits per heavy atom. The van der Waals surface area contributed by atoms with Crippen LogP contribution in [0.15, 0.2) is 84.9 Å². The third-order valence-corrected chi connectivity index (χ3v) is 8.18. The van der Waals surface area contributed by atoms with Gasteiger partial charge in [0.2, 0.25) is 0 Å². The Hall–Kier alpha value is -3.86. The molecule has 0 spiro atoms. The number of ether oxygens (including phenoxy) is 2. The van der Waals surface area contributed by atoms with Crippen molar-refractivity contribution in [3.63, 3.8) is 0 Å². The average Bonchev–Trinajstić information content (AvgIpc) is 3.33. The van der Waals surface area contributed by atoms with E-state index in [0.717, 1.165) is 42.4 Å². The molecule has 0 bridgehead atoms. The lowest BCUT2D eigenvalue weighted by atomic mass is 9.80. The van der Waals surface area contributed by atoms with Gasteiger partial charge in [-0.2, -0.15) is 0 Å². The van der Waals surface area contributed by atoms with E-state index >= 15 is 0 Å². The molecular formula is C38H46O5. The number of cyclic esters (lactones) is 1. The summed E-state index contributed by atoms with van der Waals surface area (Å²) >= 11 is 0. The van der Waals surface area contributed by atoms with Gasteiger partial charge in [-0.1, -0.05) is 113 Å². The number of carbonyl (C=O) groups is 2. The Morgan fingerprint density at radius 1 is 0.744 bits per heavy atom. The van der Waals surface area contributed by atoms with E-state index in [1.165, 1.54) is 57.8 Å². The highest BCUT2D eigenvalue weighted by molar-refractivity contribution is 5.96. The summed E-state index contributed by atoms with van der Waals surface area (Å²) in [5.74, 6) is -0.0552. The molecule has 0 fully saturated rings. The van der Waals surface area contributed by atoms with Crippen LogP contribution >= 0.6 is 0 Å². The number of phenolic OH excluding ortho intramolecular Hbond substituents is 1. The van der Waals surface area contributed by atoms with E-state index < -0.39 is 11.6 Å². The smallest absolute Gasteiger partial charge is 0.340 e. The third kappa shape index (κ3) is 8.82. The van der Waals surface area contributed by atoms with Crippen molar-refractivity contribution < 1.29 is 24.2 Å². The minimum Gasteiger partial charge on any atom is -0.508 e. The molecule has 5 nitrogen and oxygen atoms in total. The molecule has 5 heteroatoms. The van der Waals surface area contributed by atoms with E-state index in [4.69, 9.17) is 9.47 Å². The molecule has 1 heterocycles. The highest BCUT2D eigenvalue weighted by Gasteiger charge is 2.48. The zero-order valence-corrected chi connectivity index (χ0v) is 25.6. The van der Waals surface area contributed by atoms with Crippen LogP contribution in [0.1, 0.15) is 124 Å². The number of unbranched alkanes of at least 4 members (excludes halogenated alkanes) is 11. The van der Waals surface area contributed by atoms with Crippen LogP contribution in [0.2, 0.25) is 0 Å². The number of allylic oxidation sites excluding steroid dienone is 2. The maximum atomic E-state index is 12.8. The molecule has 228 valence electrons. The van der Waals surface area contributed by atoms with Gasteiger partial charge >= 0.3 is 11.9 Å². The van der Waals surface area contributed by atoms with E-state index in [2.05, 4.69) is 19.1 Å². The maximum absolute atomic E-state index is 12.8. The van der Waals surface area contributed by atoms with Crippen molar-refractivity contribution in [3.8, 4) is 11.5 Å². The minimum absolute atomic E-state index is 0.130. The molecule has 1 aliphatic rings. The number of rotatable bonds is 18. The molecule has 0 aromatic heterocycles. The Kier molecular flexibility index (Phi) is 12.4. The van der Waals surface area contributed by atoms with Crippen molar-refractivity contribution in [2.75, 3.05) is 0 Å². The summed E-state index contributed by atoms with van der Waals surface area (Å²) in [6, 6.07) is 21.1. The fourth-order valence-electron chi connectivity index (χ4n) is 5.79. The van der Waals surface area contributed by atoms with E-state index in [1.54, 1.807) is 42.5 Å². The van der Waals surface area contributed by atoms with Crippen LogP contribution in [-0.2, 0) is 15.1 Å². The summed E-state index contributed by atoms with van der Waals surface area (Å²) in [6.07, 6.45) is 20.9. The van der Waals surface area contributed by atoms with Gasteiger partial charge in [0.15, 0.2) is 5.60 Å². The van der Waals surface area contributed by atoms with Crippen LogP contribution in [0.4, 0.5) is 0 Å². The normalized spacial score (nSPS) is 15.9. The molecule has 0 saturated carbocycles. The van der Waals surface area contributed by atoms with Crippen molar-refractivity contribution in [1.82, 2.24) is 0 Å². The largest absolute Gasteiger partial charge is 0.508 e. The molecule has 4 rings (SSSR count). The molecule has 1 N–H and O–H groups in total. The van der Waals surface area contributed by atoms with Gasteiger partial charge in [0.25, 0.3) is 0 Å². The van der Waals surface area contributed by atoms with Gasteiger partial charge in [-0.3, -0.25) is 4.79 Å². The summed E-state index contributed by atoms with van der Waals surface area (Å²) in [4.78, 5) is 25.3. The topological polar surface area (TPSA) is 72.8 Å². The molecule has 0 radical (unpaired) electrons. The van der Waals surface area contributed by atoms with Gasteiger partial charge in [-0.25, -0.2) is 4.79 Å². The maximum Gasteiger partial charge on any atom is 0.340 e. The number of benzene rings is 3. The summed E-state index contributed by atoms with van der Waals surface area (Å²) in [6.45, 7) is 2.26. The zero-order chi connectivity index (χ0) is 30.3. The number of fused-ring (bicyclic) bond motifs is 1. The lowest BCUT2D eigenvalue weighted by Gasteiger charge is -2.30. The second-order valence-electron chi connectivity index (χ2n) is 11.5. The van der Waals surface area contributed by atoms with Crippen LogP contribution in [0.25, 0.3) is 0 Å². The highest BCUT2D eigenvalue weighted by Crippen LogP contribution is 2.47. The van der Waals surface area contributed by atoms with Gasteiger partial charge in [0.05, 0.1) is 5.56 Å². The van der Waals surface area contributed by atoms with Gasteiger partial charge in [0, 0.05) is 23.1 Å². The quantitative estimate of drug-likeness (QED) is 0.0699. The van der Waals surface area contributed by atoms with Crippen LogP contribution in [0, 0.1) is 0 Å². The molecular weight excluding hydrogens is 536 g/mol. The average molecular weight is 583 g/mol. The molecule has 0 amide bonds. The van der Waals surface area contributed by atoms with E-state index in [1.807, 2.05) is 30.3 Å². The Balaban J connectivity index is 1.20. The van der Waals surface area contributed by atoms with Gasteiger partial charge < -0.3 is 14.6 Å². The van der Waals surface area contributed by atoms with Gasteiger partial charge in [-0.15, -0.1) is 0 Å². The first-order valence-corrected chi connectivity index (χ1v) is 16.1. The monoisotopic (exact) mass is 582 g/mol. The number of carbonyl (C=O) groups excluding carboxylic acids is 2. The molecule has 0 saturated heterocycles. The van der Waals surface area contributed by atoms with Crippen LogP contribution in [0.5, 0.6) is 11.5 Å². The lowest BCUT2D eigenvalue weighted by Crippen LogP contribution is -2.29. The van der Waals surface area contributed by atoms with E-state index in [-0.39, 0.29) is 11.7 Å². The number of hydrogen-bond donors (Lipinski definition) is 1. The third-order valence-electron chi connectivity index (χ3n) is 8.18. The first-order chi connectivity index (χ1) is 21.0. The number of esters is 2. The van der Waals surface area contributed by atoms with Crippen LogP contribution in [-0.4, -0.2) is 17.0 Å². The molecule has 3 aromatic carbocycles. The Morgan fingerprint density at radius 3 is 1.95 bits per heavy atom. The van der Waals surface area contributed by atoms with Crippen LogP contribution in [0.3, 0.4) is 0 Å². The summed E-state index contributed by atoms with van der Waals surface area (Å²) in [5, 5.41) is 9.85. The minimum atomic E-state index is -1.16. The predicted octanol–water partition coefficient (Wildman–Crippen LogP) is 9.80. The summed E-state index contributed by atoms with van der Waals surface area (Å²) in [7, 11) is 0. The SMILES string of the molecule is CCCCCCCC/C=C/CCCCCCCC(=O)Oc1ccc(C2(c3ccc(O)cc3)OC(=O)c3ccccc32)cc1. The van der Waals surface area contributed by atoms with Crippen LogP contribution < -0.4 is 4.74 Å². The van der Waals surface area contributed by atoms with Crippen molar-refractivity contribution >= 4 is 11.9 Å². The fourth-order valence-corrected chi connectivity index (χ4v) is 5.79. The Bertz CT molecular complexity index is 1330. The first kappa shape index (κ1) is 32.1. The summed E-state index contributed by atoms with van der Waals surface area (Å²) < 4.78 is 11.7. The van der Waals surface area contributed by atoms with Crippen molar-refractivity contribution in [2.24, 2.45) is 0 Å². The second kappa shape index (κ2) is 16.7. The van der Waals surface area contributed by atoms with Crippen molar-refractivity contribution in [1.29, 1.82) is 0 Å². The van der Waals surface area contributed by atoms with Gasteiger partial charge in [0.1, 0.15) is 11.5 Å². The summed E-state index contributed by atoms with van der Waals surface area (Å²) in [5.41, 5.74) is 1.53. The zero-order valence-electron chi connectivity index (χ0n) is 25.6. The highest BCUT2D eigenvalue weighted by atomic mass is 16.6. The molecule has 43 heavy (non-hydrogen) atoms. The number of hydrogen-bond acceptors (Lipinski definition) is 5. The first-order valence-electron chi connectivity index (χ1n) is 16.1. The fraction of sp³-hybridized carbons (Fsp3) is 0.421. The van der Waals surface area contributed by atoms with E-state index in [9.17, 15) is 14.7 Å². The standard InChI is InChI=1S/C38H46O5/c1-2-3-4-5-6-7-8-9-10-11-12-13-14-15-16-21-36(40)42-33-28-24-31(25-29-33)38(30-22-26-32(39)27-23-30)35-20-18-17-19-34(35)37(41)43-38/h9-10,17-20,22-29,39H,2-8,11-16,21H2,1H3/b10-9+. The lowest BCUT2D eigenvalue weighted by molar-refractivity contribution is -0.134. The number of phenols is 1. The molecule has 0 aliphatic carbocycles. The molecule has 1 unspecified atom stereocenters. The van der Waals surface area contributed by atoms with Gasteiger partial charge in [-0.05, 0) is 62.4 Å². The van der Waals surface area contributed by atoms with E-state index in [0.29, 0.717) is 17.7 Å².